The van der Waals surface area contributed by atoms with Gasteiger partial charge in [0.2, 0.25) is 0 Å². The second kappa shape index (κ2) is 6.57. The van der Waals surface area contributed by atoms with Crippen molar-refractivity contribution in [1.82, 2.24) is 0 Å². The lowest BCUT2D eigenvalue weighted by atomic mass is 10.1. The van der Waals surface area contributed by atoms with Crippen LogP contribution in [0.5, 0.6) is 0 Å². The summed E-state index contributed by atoms with van der Waals surface area (Å²) in [6, 6.07) is 10.9. The van der Waals surface area contributed by atoms with E-state index in [1.807, 2.05) is 0 Å². The molecule has 1 N–H and O–H groups in total. The molecule has 21 heavy (non-hydrogen) atoms. The molecule has 0 atom stereocenters. The van der Waals surface area contributed by atoms with Crippen molar-refractivity contribution in [3.8, 4) is 0 Å². The van der Waals surface area contributed by atoms with Crippen molar-refractivity contribution in [3.63, 3.8) is 0 Å². The van der Waals surface area contributed by atoms with Gasteiger partial charge in [0.15, 0.2) is 5.78 Å². The van der Waals surface area contributed by atoms with Gasteiger partial charge in [0.1, 0.15) is 0 Å². The Balaban J connectivity index is 2.14. The first-order valence-corrected chi connectivity index (χ1v) is 6.74. The van der Waals surface area contributed by atoms with Crippen molar-refractivity contribution in [1.29, 1.82) is 0 Å². The van der Waals surface area contributed by atoms with Crippen molar-refractivity contribution >= 4 is 41.0 Å². The van der Waals surface area contributed by atoms with Crippen LogP contribution < -0.4 is 0 Å². The van der Waals surface area contributed by atoms with Crippen molar-refractivity contribution < 1.29 is 14.7 Å². The first-order chi connectivity index (χ1) is 9.97. The fraction of sp³-hybridized carbons (Fsp3) is 0. The second-order valence-corrected chi connectivity index (χ2v) is 5.07. The number of carbonyl (C=O) groups is 2. The average molecular weight is 321 g/mol. The number of hydrogen-bond donors (Lipinski definition) is 1. The lowest BCUT2D eigenvalue weighted by Gasteiger charge is -1.99. The van der Waals surface area contributed by atoms with E-state index in [2.05, 4.69) is 0 Å². The third kappa shape index (κ3) is 3.94. The number of halogens is 2. The van der Waals surface area contributed by atoms with E-state index in [0.29, 0.717) is 15.6 Å². The average Bonchev–Trinajstić information content (AvgIpc) is 2.48. The molecular formula is C16H10Cl2O3. The van der Waals surface area contributed by atoms with Crippen molar-refractivity contribution in [2.75, 3.05) is 0 Å². The van der Waals surface area contributed by atoms with Gasteiger partial charge in [-0.25, -0.2) is 4.79 Å². The quantitative estimate of drug-likeness (QED) is 0.662. The zero-order valence-corrected chi connectivity index (χ0v) is 12.2. The fourth-order valence-electron chi connectivity index (χ4n) is 1.65. The smallest absolute Gasteiger partial charge is 0.335 e. The minimum Gasteiger partial charge on any atom is -0.478 e. The van der Waals surface area contributed by atoms with Crippen molar-refractivity contribution in [2.24, 2.45) is 0 Å². The molecule has 0 aromatic heterocycles. The van der Waals surface area contributed by atoms with Gasteiger partial charge in [-0.05, 0) is 42.0 Å². The molecule has 0 unspecified atom stereocenters. The summed E-state index contributed by atoms with van der Waals surface area (Å²) in [5.74, 6) is -1.20. The Hall–Kier alpha value is -2.10. The van der Waals surface area contributed by atoms with Crippen LogP contribution >= 0.6 is 23.2 Å². The molecule has 0 radical (unpaired) electrons. The van der Waals surface area contributed by atoms with Crippen molar-refractivity contribution in [3.05, 3.63) is 75.3 Å². The summed E-state index contributed by atoms with van der Waals surface area (Å²) >= 11 is 11.6. The maximum Gasteiger partial charge on any atom is 0.335 e. The molecule has 3 nitrogen and oxygen atoms in total. The molecular weight excluding hydrogens is 311 g/mol. The van der Waals surface area contributed by atoms with E-state index in [-0.39, 0.29) is 11.3 Å². The molecule has 0 aliphatic heterocycles. The van der Waals surface area contributed by atoms with Gasteiger partial charge in [-0.3, -0.25) is 4.79 Å². The fourth-order valence-corrected chi connectivity index (χ4v) is 1.95. The maximum absolute atomic E-state index is 12.0. The molecule has 5 heteroatoms. The summed E-state index contributed by atoms with van der Waals surface area (Å²) in [6.45, 7) is 0. The summed E-state index contributed by atoms with van der Waals surface area (Å²) < 4.78 is 0. The number of benzene rings is 2. The van der Waals surface area contributed by atoms with Crippen LogP contribution in [0.25, 0.3) is 6.08 Å². The number of carbonyl (C=O) groups excluding carboxylic acids is 1. The first-order valence-electron chi connectivity index (χ1n) is 5.98. The van der Waals surface area contributed by atoms with Gasteiger partial charge in [-0.15, -0.1) is 0 Å². The molecule has 0 aliphatic carbocycles. The van der Waals surface area contributed by atoms with Crippen LogP contribution in [0.3, 0.4) is 0 Å². The highest BCUT2D eigenvalue weighted by atomic mass is 35.5. The van der Waals surface area contributed by atoms with Crippen LogP contribution in [0.4, 0.5) is 0 Å². The standard InChI is InChI=1S/C16H10Cl2O3/c17-13-7-6-12(9-14(13)18)15(19)8-3-10-1-4-11(5-2-10)16(20)21/h1-9H,(H,20,21)/b8-3+. The van der Waals surface area contributed by atoms with Crippen LogP contribution in [-0.4, -0.2) is 16.9 Å². The molecule has 0 saturated heterocycles. The Labute approximate surface area is 131 Å². The van der Waals surface area contributed by atoms with Crippen LogP contribution in [0, 0.1) is 0 Å². The molecule has 0 fully saturated rings. The van der Waals surface area contributed by atoms with Crippen molar-refractivity contribution in [2.45, 2.75) is 0 Å². The third-order valence-corrected chi connectivity index (χ3v) is 3.53. The van der Waals surface area contributed by atoms with E-state index < -0.39 is 5.97 Å². The monoisotopic (exact) mass is 320 g/mol. The normalized spacial score (nSPS) is 10.8. The Bertz CT molecular complexity index is 719. The minimum atomic E-state index is -0.989. The molecule has 2 aromatic carbocycles. The van der Waals surface area contributed by atoms with Crippen LogP contribution in [-0.2, 0) is 0 Å². The summed E-state index contributed by atoms with van der Waals surface area (Å²) in [6.07, 6.45) is 3.01. The summed E-state index contributed by atoms with van der Waals surface area (Å²) in [7, 11) is 0. The molecule has 0 bridgehead atoms. The van der Waals surface area contributed by atoms with E-state index in [1.54, 1.807) is 30.3 Å². The number of carboxylic acids is 1. The zero-order chi connectivity index (χ0) is 15.4. The molecule has 0 heterocycles. The minimum absolute atomic E-state index is 0.197. The number of hydrogen-bond acceptors (Lipinski definition) is 2. The van der Waals surface area contributed by atoms with Gasteiger partial charge in [0, 0.05) is 5.56 Å². The highest BCUT2D eigenvalue weighted by Gasteiger charge is 2.05. The SMILES string of the molecule is O=C(O)c1ccc(/C=C/C(=O)c2ccc(Cl)c(Cl)c2)cc1. The number of ketones is 1. The number of carboxylic acid groups (broad SMARTS) is 1. The van der Waals surface area contributed by atoms with Crippen LogP contribution in [0.2, 0.25) is 10.0 Å². The van der Waals surface area contributed by atoms with E-state index in [4.69, 9.17) is 28.3 Å². The zero-order valence-electron chi connectivity index (χ0n) is 10.7. The highest BCUT2D eigenvalue weighted by Crippen LogP contribution is 2.23. The Morgan fingerprint density at radius 3 is 2.10 bits per heavy atom. The van der Waals surface area contributed by atoms with E-state index in [1.165, 1.54) is 24.3 Å². The van der Waals surface area contributed by atoms with E-state index >= 15 is 0 Å². The Morgan fingerprint density at radius 2 is 1.52 bits per heavy atom. The second-order valence-electron chi connectivity index (χ2n) is 4.25. The Kier molecular flexibility index (Phi) is 4.78. The van der Waals surface area contributed by atoms with Gasteiger partial charge in [-0.2, -0.15) is 0 Å². The highest BCUT2D eigenvalue weighted by molar-refractivity contribution is 6.42. The first kappa shape index (κ1) is 15.3. The summed E-state index contributed by atoms with van der Waals surface area (Å²) in [5.41, 5.74) is 1.36. The Morgan fingerprint density at radius 1 is 0.905 bits per heavy atom. The number of allylic oxidation sites excluding steroid dienone is 1. The van der Waals surface area contributed by atoms with Crippen LogP contribution in [0.1, 0.15) is 26.3 Å². The predicted molar refractivity (Wildman–Crippen MR) is 83.2 cm³/mol. The van der Waals surface area contributed by atoms with Gasteiger partial charge in [0.05, 0.1) is 15.6 Å². The molecule has 0 aliphatic rings. The maximum atomic E-state index is 12.0. The van der Waals surface area contributed by atoms with E-state index in [9.17, 15) is 9.59 Å². The molecule has 0 saturated carbocycles. The predicted octanol–water partition coefficient (Wildman–Crippen LogP) is 4.59. The van der Waals surface area contributed by atoms with Gasteiger partial charge in [0.25, 0.3) is 0 Å². The summed E-state index contributed by atoms with van der Waals surface area (Å²) in [4.78, 5) is 22.7. The third-order valence-electron chi connectivity index (χ3n) is 2.79. The number of aromatic carboxylic acids is 1. The molecule has 2 rings (SSSR count). The van der Waals surface area contributed by atoms with Gasteiger partial charge < -0.3 is 5.11 Å². The lowest BCUT2D eigenvalue weighted by Crippen LogP contribution is -1.95. The molecule has 2 aromatic rings. The van der Waals surface area contributed by atoms with Gasteiger partial charge >= 0.3 is 5.97 Å². The van der Waals surface area contributed by atoms with Gasteiger partial charge in [-0.1, -0.05) is 41.4 Å². The lowest BCUT2D eigenvalue weighted by molar-refractivity contribution is 0.0696. The van der Waals surface area contributed by atoms with E-state index in [0.717, 1.165) is 5.56 Å². The van der Waals surface area contributed by atoms with Crippen LogP contribution in [0.15, 0.2) is 48.5 Å². The number of rotatable bonds is 4. The molecule has 0 spiro atoms. The molecule has 106 valence electrons. The molecule has 0 amide bonds. The topological polar surface area (TPSA) is 54.4 Å². The largest absolute Gasteiger partial charge is 0.478 e. The summed E-state index contributed by atoms with van der Waals surface area (Å²) in [5, 5.41) is 9.51.